The number of hydrogen-bond donors (Lipinski definition) is 1. The monoisotopic (exact) mass is 363 g/mol. The first-order valence-corrected chi connectivity index (χ1v) is 8.68. The topological polar surface area (TPSA) is 94.3 Å². The van der Waals surface area contributed by atoms with Crippen LogP contribution in [0.1, 0.15) is 5.89 Å². The molecular weight excluding hydrogens is 349 g/mol. The van der Waals surface area contributed by atoms with E-state index in [9.17, 15) is 12.8 Å². The number of aromatic nitrogens is 2. The molecule has 0 saturated carbocycles. The van der Waals surface area contributed by atoms with Gasteiger partial charge in [-0.1, -0.05) is 17.3 Å². The Hall–Kier alpha value is -2.78. The maximum Gasteiger partial charge on any atom is 0.242 e. The van der Waals surface area contributed by atoms with E-state index in [1.54, 1.807) is 31.4 Å². The lowest BCUT2D eigenvalue weighted by molar-refractivity contribution is 0.376. The number of halogens is 1. The predicted octanol–water partition coefficient (Wildman–Crippen LogP) is 2.36. The number of ether oxygens (including phenoxy) is 1. The third kappa shape index (κ3) is 4.01. The quantitative estimate of drug-likeness (QED) is 0.722. The predicted molar refractivity (Wildman–Crippen MR) is 86.7 cm³/mol. The van der Waals surface area contributed by atoms with Crippen molar-refractivity contribution in [3.8, 4) is 17.1 Å². The molecule has 3 rings (SSSR count). The van der Waals surface area contributed by atoms with Crippen molar-refractivity contribution in [3.63, 3.8) is 0 Å². The molecule has 0 aliphatic rings. The summed E-state index contributed by atoms with van der Waals surface area (Å²) in [5.41, 5.74) is 0.677. The number of benzene rings is 2. The van der Waals surface area contributed by atoms with Crippen LogP contribution >= 0.6 is 0 Å². The molecule has 9 heteroatoms. The Bertz CT molecular complexity index is 971. The van der Waals surface area contributed by atoms with Crippen molar-refractivity contribution in [1.29, 1.82) is 0 Å². The molecule has 0 atom stereocenters. The van der Waals surface area contributed by atoms with E-state index in [1.165, 1.54) is 12.1 Å². The molecule has 130 valence electrons. The third-order valence-electron chi connectivity index (χ3n) is 3.33. The molecule has 0 aliphatic carbocycles. The summed E-state index contributed by atoms with van der Waals surface area (Å²) in [5.74, 6) is 0.540. The fourth-order valence-electron chi connectivity index (χ4n) is 2.06. The standard InChI is InChI=1S/C16H14FN3O4S/c1-23-13-4-2-3-11(9-13)16-19-15(24-20-16)10-18-25(21,22)14-7-5-12(17)6-8-14/h2-9,18H,10H2,1H3. The molecule has 1 aromatic heterocycles. The highest BCUT2D eigenvalue weighted by atomic mass is 32.2. The number of methoxy groups -OCH3 is 1. The number of nitrogens with zero attached hydrogens (tertiary/aromatic N) is 2. The van der Waals surface area contributed by atoms with Crippen molar-refractivity contribution in [2.45, 2.75) is 11.4 Å². The van der Waals surface area contributed by atoms with Gasteiger partial charge in [0, 0.05) is 5.56 Å². The summed E-state index contributed by atoms with van der Waals surface area (Å²) >= 11 is 0. The van der Waals surface area contributed by atoms with Gasteiger partial charge in [-0.15, -0.1) is 0 Å². The average molecular weight is 363 g/mol. The summed E-state index contributed by atoms with van der Waals surface area (Å²) in [4.78, 5) is 4.09. The van der Waals surface area contributed by atoms with Gasteiger partial charge in [0.2, 0.25) is 21.7 Å². The molecule has 3 aromatic rings. The Morgan fingerprint density at radius 2 is 1.96 bits per heavy atom. The fourth-order valence-corrected chi connectivity index (χ4v) is 3.03. The second-order valence-corrected chi connectivity index (χ2v) is 6.79. The highest BCUT2D eigenvalue weighted by Crippen LogP contribution is 2.21. The average Bonchev–Trinajstić information content (AvgIpc) is 3.10. The largest absolute Gasteiger partial charge is 0.497 e. The summed E-state index contributed by atoms with van der Waals surface area (Å²) in [6, 6.07) is 11.6. The van der Waals surface area contributed by atoms with Crippen LogP contribution in [0.25, 0.3) is 11.4 Å². The zero-order valence-electron chi connectivity index (χ0n) is 13.1. The maximum atomic E-state index is 12.9. The zero-order chi connectivity index (χ0) is 17.9. The van der Waals surface area contributed by atoms with Gasteiger partial charge in [-0.2, -0.15) is 4.98 Å². The van der Waals surface area contributed by atoms with Gasteiger partial charge in [-0.3, -0.25) is 0 Å². The second kappa shape index (κ2) is 6.99. The summed E-state index contributed by atoms with van der Waals surface area (Å²) in [5, 5.41) is 3.82. The summed E-state index contributed by atoms with van der Waals surface area (Å²) in [6.45, 7) is -0.184. The lowest BCUT2D eigenvalue weighted by atomic mass is 10.2. The third-order valence-corrected chi connectivity index (χ3v) is 4.75. The van der Waals surface area contributed by atoms with Crippen LogP contribution in [-0.2, 0) is 16.6 Å². The fraction of sp³-hybridized carbons (Fsp3) is 0.125. The van der Waals surface area contributed by atoms with E-state index in [4.69, 9.17) is 9.26 Å². The van der Waals surface area contributed by atoms with Gasteiger partial charge in [0.1, 0.15) is 11.6 Å². The molecule has 0 radical (unpaired) electrons. The zero-order valence-corrected chi connectivity index (χ0v) is 14.0. The van der Waals surface area contributed by atoms with Gasteiger partial charge in [-0.05, 0) is 36.4 Å². The van der Waals surface area contributed by atoms with Gasteiger partial charge in [0.25, 0.3) is 0 Å². The molecule has 0 amide bonds. The minimum absolute atomic E-state index is 0.0542. The molecule has 0 aliphatic heterocycles. The Morgan fingerprint density at radius 1 is 1.20 bits per heavy atom. The number of rotatable bonds is 6. The lowest BCUT2D eigenvalue weighted by Gasteiger charge is -2.04. The van der Waals surface area contributed by atoms with Gasteiger partial charge in [-0.25, -0.2) is 17.5 Å². The molecular formula is C16H14FN3O4S. The van der Waals surface area contributed by atoms with Crippen molar-refractivity contribution >= 4 is 10.0 Å². The second-order valence-electron chi connectivity index (χ2n) is 5.02. The smallest absolute Gasteiger partial charge is 0.242 e. The van der Waals surface area contributed by atoms with E-state index in [0.717, 1.165) is 12.1 Å². The highest BCUT2D eigenvalue weighted by Gasteiger charge is 2.16. The molecule has 0 unspecified atom stereocenters. The first-order chi connectivity index (χ1) is 12.0. The Balaban J connectivity index is 1.72. The summed E-state index contributed by atoms with van der Waals surface area (Å²) in [7, 11) is -2.26. The van der Waals surface area contributed by atoms with Crippen LogP contribution in [0.15, 0.2) is 57.9 Å². The van der Waals surface area contributed by atoms with E-state index < -0.39 is 15.8 Å². The minimum atomic E-state index is -3.81. The molecule has 0 saturated heterocycles. The Labute approximate surface area is 143 Å². The molecule has 0 bridgehead atoms. The van der Waals surface area contributed by atoms with Crippen LogP contribution < -0.4 is 9.46 Å². The maximum absolute atomic E-state index is 12.9. The van der Waals surface area contributed by atoms with Crippen LogP contribution in [0.4, 0.5) is 4.39 Å². The number of nitrogens with one attached hydrogen (secondary N) is 1. The van der Waals surface area contributed by atoms with E-state index >= 15 is 0 Å². The highest BCUT2D eigenvalue weighted by molar-refractivity contribution is 7.89. The molecule has 0 fully saturated rings. The van der Waals surface area contributed by atoms with Gasteiger partial charge >= 0.3 is 0 Å². The van der Waals surface area contributed by atoms with Crippen molar-refractivity contribution in [2.24, 2.45) is 0 Å². The lowest BCUT2D eigenvalue weighted by Crippen LogP contribution is -2.23. The molecule has 25 heavy (non-hydrogen) atoms. The number of hydrogen-bond acceptors (Lipinski definition) is 6. The molecule has 7 nitrogen and oxygen atoms in total. The number of sulfonamides is 1. The van der Waals surface area contributed by atoms with Crippen LogP contribution in [0.3, 0.4) is 0 Å². The van der Waals surface area contributed by atoms with E-state index in [-0.39, 0.29) is 17.3 Å². The summed E-state index contributed by atoms with van der Waals surface area (Å²) < 4.78 is 49.7. The Kier molecular flexibility index (Phi) is 4.77. The molecule has 2 aromatic carbocycles. The SMILES string of the molecule is COc1cccc(-c2noc(CNS(=O)(=O)c3ccc(F)cc3)n2)c1. The Morgan fingerprint density at radius 3 is 2.68 bits per heavy atom. The van der Waals surface area contributed by atoms with Gasteiger partial charge < -0.3 is 9.26 Å². The normalized spacial score (nSPS) is 11.4. The molecule has 1 heterocycles. The van der Waals surface area contributed by atoms with E-state index in [0.29, 0.717) is 17.1 Å². The van der Waals surface area contributed by atoms with Crippen molar-refractivity contribution in [1.82, 2.24) is 14.9 Å². The summed E-state index contributed by atoms with van der Waals surface area (Å²) in [6.07, 6.45) is 0. The first-order valence-electron chi connectivity index (χ1n) is 7.20. The molecule has 1 N–H and O–H groups in total. The van der Waals surface area contributed by atoms with E-state index in [2.05, 4.69) is 14.9 Å². The van der Waals surface area contributed by atoms with Crippen LogP contribution in [0.2, 0.25) is 0 Å². The van der Waals surface area contributed by atoms with Crippen LogP contribution in [0.5, 0.6) is 5.75 Å². The minimum Gasteiger partial charge on any atom is -0.497 e. The van der Waals surface area contributed by atoms with Gasteiger partial charge in [0.05, 0.1) is 18.6 Å². The van der Waals surface area contributed by atoms with Crippen molar-refractivity contribution < 1.29 is 22.1 Å². The molecule has 0 spiro atoms. The van der Waals surface area contributed by atoms with Crippen molar-refractivity contribution in [3.05, 3.63) is 60.2 Å². The van der Waals surface area contributed by atoms with Crippen molar-refractivity contribution in [2.75, 3.05) is 7.11 Å². The van der Waals surface area contributed by atoms with Crippen LogP contribution in [-0.4, -0.2) is 25.7 Å². The van der Waals surface area contributed by atoms with Gasteiger partial charge in [0.15, 0.2) is 0 Å². The van der Waals surface area contributed by atoms with E-state index in [1.807, 2.05) is 0 Å². The first kappa shape index (κ1) is 17.1. The van der Waals surface area contributed by atoms with Crippen LogP contribution in [0, 0.1) is 5.82 Å².